The van der Waals surface area contributed by atoms with Crippen LogP contribution in [-0.2, 0) is 4.87 Å². The van der Waals surface area contributed by atoms with Crippen LogP contribution in [0.15, 0.2) is 59.8 Å². The lowest BCUT2D eigenvalue weighted by Crippen LogP contribution is -2.41. The predicted octanol–water partition coefficient (Wildman–Crippen LogP) is 4.87. The monoisotopic (exact) mass is 458 g/mol. The van der Waals surface area contributed by atoms with Crippen LogP contribution in [0.4, 0.5) is 8.78 Å². The van der Waals surface area contributed by atoms with Crippen molar-refractivity contribution in [1.29, 1.82) is 0 Å². The first-order chi connectivity index (χ1) is 14.9. The SMILES string of the molecule is Cc1ncc(C(=O)N2N=C(c3cc(F)ccc3F)SC2(CCCN)c2ccccc2)s1. The molecule has 3 aromatic rings. The van der Waals surface area contributed by atoms with Gasteiger partial charge in [-0.1, -0.05) is 42.1 Å². The van der Waals surface area contributed by atoms with Gasteiger partial charge < -0.3 is 5.73 Å². The van der Waals surface area contributed by atoms with Crippen LogP contribution in [0.1, 0.15) is 38.6 Å². The number of hydrogen-bond acceptors (Lipinski definition) is 6. The summed E-state index contributed by atoms with van der Waals surface area (Å²) in [6.45, 7) is 2.23. The van der Waals surface area contributed by atoms with Gasteiger partial charge in [-0.3, -0.25) is 4.79 Å². The molecule has 0 spiro atoms. The van der Waals surface area contributed by atoms with Gasteiger partial charge in [0, 0.05) is 5.56 Å². The van der Waals surface area contributed by atoms with Gasteiger partial charge >= 0.3 is 0 Å². The maximum Gasteiger partial charge on any atom is 0.287 e. The maximum absolute atomic E-state index is 14.6. The molecule has 0 aliphatic carbocycles. The summed E-state index contributed by atoms with van der Waals surface area (Å²) in [6, 6.07) is 12.7. The smallest absolute Gasteiger partial charge is 0.287 e. The Balaban J connectivity index is 1.87. The summed E-state index contributed by atoms with van der Waals surface area (Å²) in [4.78, 5) is 17.2. The first-order valence-corrected chi connectivity index (χ1v) is 11.3. The Labute approximate surface area is 187 Å². The van der Waals surface area contributed by atoms with Crippen LogP contribution in [0.5, 0.6) is 0 Å². The molecule has 31 heavy (non-hydrogen) atoms. The number of thiazole rings is 1. The first-order valence-electron chi connectivity index (χ1n) is 9.70. The fraction of sp³-hybridized carbons (Fsp3) is 0.227. The fourth-order valence-electron chi connectivity index (χ4n) is 3.46. The molecule has 0 radical (unpaired) electrons. The topological polar surface area (TPSA) is 71.6 Å². The minimum atomic E-state index is -0.941. The Morgan fingerprint density at radius 2 is 1.97 bits per heavy atom. The van der Waals surface area contributed by atoms with E-state index in [-0.39, 0.29) is 16.5 Å². The molecule has 2 aromatic carbocycles. The highest BCUT2D eigenvalue weighted by Gasteiger charge is 2.49. The van der Waals surface area contributed by atoms with E-state index in [4.69, 9.17) is 5.73 Å². The molecule has 1 unspecified atom stereocenters. The van der Waals surface area contributed by atoms with Gasteiger partial charge in [-0.05, 0) is 50.1 Å². The Kier molecular flexibility index (Phi) is 6.17. The zero-order valence-corrected chi connectivity index (χ0v) is 18.4. The van der Waals surface area contributed by atoms with Gasteiger partial charge in [0.1, 0.15) is 26.4 Å². The normalized spacial score (nSPS) is 18.3. The number of nitrogens with two attached hydrogens (primary N) is 1. The second-order valence-corrected chi connectivity index (χ2v) is 9.54. The van der Waals surface area contributed by atoms with Gasteiger partial charge in [-0.2, -0.15) is 5.10 Å². The van der Waals surface area contributed by atoms with E-state index in [1.165, 1.54) is 34.3 Å². The molecule has 1 atom stereocenters. The van der Waals surface area contributed by atoms with Crippen LogP contribution in [0.3, 0.4) is 0 Å². The first kappa shape index (κ1) is 21.6. The summed E-state index contributed by atoms with van der Waals surface area (Å²) in [5.41, 5.74) is 6.66. The third kappa shape index (κ3) is 4.13. The number of hydrazone groups is 1. The summed E-state index contributed by atoms with van der Waals surface area (Å²) in [6.07, 6.45) is 2.62. The Morgan fingerprint density at radius 3 is 2.65 bits per heavy atom. The van der Waals surface area contributed by atoms with Crippen LogP contribution in [0, 0.1) is 18.6 Å². The molecule has 5 nitrogen and oxygen atoms in total. The van der Waals surface area contributed by atoms with Crippen molar-refractivity contribution in [3.05, 3.63) is 87.4 Å². The largest absolute Gasteiger partial charge is 0.330 e. The van der Waals surface area contributed by atoms with E-state index >= 15 is 0 Å². The second kappa shape index (κ2) is 8.86. The summed E-state index contributed by atoms with van der Waals surface area (Å²) < 4.78 is 28.5. The summed E-state index contributed by atoms with van der Waals surface area (Å²) in [5.74, 6) is -1.52. The number of aryl methyl sites for hydroxylation is 1. The number of carbonyl (C=O) groups is 1. The molecule has 1 aromatic heterocycles. The quantitative estimate of drug-likeness (QED) is 0.572. The standard InChI is InChI=1S/C22H20F2N4OS2/c1-14-26-13-19(30-14)21(29)28-22(10-5-11-25,15-6-3-2-4-7-15)31-20(27-28)17-12-16(23)8-9-18(17)24/h2-4,6-9,12-13H,5,10-11,25H2,1H3. The van der Waals surface area contributed by atoms with Gasteiger partial charge in [0.2, 0.25) is 0 Å². The zero-order chi connectivity index (χ0) is 22.0. The second-order valence-electron chi connectivity index (χ2n) is 7.03. The summed E-state index contributed by atoms with van der Waals surface area (Å²) >= 11 is 2.51. The molecule has 1 aliphatic heterocycles. The fourth-order valence-corrected chi connectivity index (χ4v) is 5.58. The predicted molar refractivity (Wildman–Crippen MR) is 120 cm³/mol. The molecular weight excluding hydrogens is 438 g/mol. The number of thioether (sulfide) groups is 1. The minimum Gasteiger partial charge on any atom is -0.330 e. The van der Waals surface area contributed by atoms with Crippen LogP contribution in [0.25, 0.3) is 0 Å². The highest BCUT2D eigenvalue weighted by molar-refractivity contribution is 8.15. The number of aromatic nitrogens is 1. The highest BCUT2D eigenvalue weighted by atomic mass is 32.2. The lowest BCUT2D eigenvalue weighted by atomic mass is 10.00. The number of rotatable bonds is 6. The van der Waals surface area contributed by atoms with E-state index in [0.29, 0.717) is 24.3 Å². The van der Waals surface area contributed by atoms with Gasteiger partial charge in [-0.25, -0.2) is 18.8 Å². The molecule has 0 bridgehead atoms. The van der Waals surface area contributed by atoms with Gasteiger partial charge in [0.25, 0.3) is 5.91 Å². The van der Waals surface area contributed by atoms with E-state index in [9.17, 15) is 13.6 Å². The van der Waals surface area contributed by atoms with Crippen molar-refractivity contribution < 1.29 is 13.6 Å². The van der Waals surface area contributed by atoms with Gasteiger partial charge in [-0.15, -0.1) is 11.3 Å². The lowest BCUT2D eigenvalue weighted by Gasteiger charge is -2.35. The number of amides is 1. The van der Waals surface area contributed by atoms with Crippen LogP contribution < -0.4 is 5.73 Å². The molecule has 2 heterocycles. The third-order valence-electron chi connectivity index (χ3n) is 4.93. The van der Waals surface area contributed by atoms with Gasteiger partial charge in [0.05, 0.1) is 11.2 Å². The molecule has 9 heteroatoms. The molecule has 0 saturated carbocycles. The average Bonchev–Trinajstić information content (AvgIpc) is 3.39. The number of carbonyl (C=O) groups excluding carboxylic acids is 1. The highest BCUT2D eigenvalue weighted by Crippen LogP contribution is 2.51. The van der Waals surface area contributed by atoms with E-state index in [0.717, 1.165) is 28.8 Å². The average molecular weight is 459 g/mol. The third-order valence-corrected chi connectivity index (χ3v) is 7.27. The maximum atomic E-state index is 14.6. The van der Waals surface area contributed by atoms with Crippen molar-refractivity contribution in [2.24, 2.45) is 10.8 Å². The number of benzene rings is 2. The molecule has 1 amide bonds. The van der Waals surface area contributed by atoms with Gasteiger partial charge in [0.15, 0.2) is 0 Å². The van der Waals surface area contributed by atoms with Crippen LogP contribution in [0.2, 0.25) is 0 Å². The molecule has 0 fully saturated rings. The van der Waals surface area contributed by atoms with Crippen molar-refractivity contribution in [1.82, 2.24) is 9.99 Å². The Morgan fingerprint density at radius 1 is 1.19 bits per heavy atom. The summed E-state index contributed by atoms with van der Waals surface area (Å²) in [7, 11) is 0. The van der Waals surface area contributed by atoms with E-state index < -0.39 is 16.5 Å². The molecule has 1 aliphatic rings. The molecule has 160 valence electrons. The van der Waals surface area contributed by atoms with Crippen molar-refractivity contribution in [3.63, 3.8) is 0 Å². The number of hydrogen-bond donors (Lipinski definition) is 1. The van der Waals surface area contributed by atoms with Crippen molar-refractivity contribution in [2.75, 3.05) is 6.54 Å². The zero-order valence-electron chi connectivity index (χ0n) is 16.7. The van der Waals surface area contributed by atoms with Crippen LogP contribution >= 0.6 is 23.1 Å². The van der Waals surface area contributed by atoms with Crippen LogP contribution in [-0.4, -0.2) is 27.5 Å². The molecule has 0 saturated heterocycles. The minimum absolute atomic E-state index is 0.0221. The molecule has 2 N–H and O–H groups in total. The van der Waals surface area contributed by atoms with Crippen molar-refractivity contribution in [2.45, 2.75) is 24.6 Å². The van der Waals surface area contributed by atoms with Crippen molar-refractivity contribution >= 4 is 34.0 Å². The van der Waals surface area contributed by atoms with E-state index in [1.807, 2.05) is 37.3 Å². The number of nitrogens with zero attached hydrogens (tertiary/aromatic N) is 3. The molecular formula is C22H20F2N4OS2. The van der Waals surface area contributed by atoms with E-state index in [1.54, 1.807) is 0 Å². The Hall–Kier alpha value is -2.62. The molecule has 4 rings (SSSR count). The number of halogens is 2. The van der Waals surface area contributed by atoms with E-state index in [2.05, 4.69) is 10.1 Å². The summed E-state index contributed by atoms with van der Waals surface area (Å²) in [5, 5.41) is 6.90. The lowest BCUT2D eigenvalue weighted by molar-refractivity contribution is 0.0643. The van der Waals surface area contributed by atoms with Crippen molar-refractivity contribution in [3.8, 4) is 0 Å². The Bertz CT molecular complexity index is 1140.